The molecule has 1 aliphatic rings. The Balaban J connectivity index is 2.08. The van der Waals surface area contributed by atoms with Crippen LogP contribution in [0.15, 0.2) is 36.1 Å². The number of rotatable bonds is 3. The van der Waals surface area contributed by atoms with E-state index in [1.807, 2.05) is 0 Å². The van der Waals surface area contributed by atoms with Gasteiger partial charge in [-0.05, 0) is 17.7 Å². The summed E-state index contributed by atoms with van der Waals surface area (Å²) in [6.07, 6.45) is 0.468. The van der Waals surface area contributed by atoms with Gasteiger partial charge in [-0.25, -0.2) is 9.18 Å². The Morgan fingerprint density at radius 2 is 1.89 bits per heavy atom. The molecule has 0 spiro atoms. The van der Waals surface area contributed by atoms with E-state index in [2.05, 4.69) is 0 Å². The summed E-state index contributed by atoms with van der Waals surface area (Å²) in [6.45, 7) is 3.23. The molecular formula is C14H15FO4. The molecule has 0 unspecified atom stereocenters. The van der Waals surface area contributed by atoms with Crippen molar-refractivity contribution in [3.63, 3.8) is 0 Å². The van der Waals surface area contributed by atoms with E-state index in [4.69, 9.17) is 9.47 Å². The summed E-state index contributed by atoms with van der Waals surface area (Å²) in [5, 5.41) is 10.0. The first kappa shape index (κ1) is 13.5. The van der Waals surface area contributed by atoms with Gasteiger partial charge in [0, 0.05) is 20.3 Å². The number of carbonyl (C=O) groups is 1. The Morgan fingerprint density at radius 3 is 2.47 bits per heavy atom. The van der Waals surface area contributed by atoms with E-state index in [0.29, 0.717) is 11.3 Å². The van der Waals surface area contributed by atoms with Crippen LogP contribution in [-0.4, -0.2) is 16.9 Å². The second-order valence-electron chi connectivity index (χ2n) is 4.81. The number of esters is 1. The fourth-order valence-electron chi connectivity index (χ4n) is 1.86. The zero-order valence-electron chi connectivity index (χ0n) is 10.7. The van der Waals surface area contributed by atoms with Crippen LogP contribution in [0, 0.1) is 5.82 Å². The van der Waals surface area contributed by atoms with Gasteiger partial charge in [-0.1, -0.05) is 12.1 Å². The summed E-state index contributed by atoms with van der Waals surface area (Å²) in [5.41, 5.74) is 0.558. The number of benzene rings is 1. The minimum Gasteiger partial charge on any atom is -0.457 e. The zero-order chi connectivity index (χ0) is 14.0. The van der Waals surface area contributed by atoms with Crippen LogP contribution < -0.4 is 0 Å². The highest BCUT2D eigenvalue weighted by Gasteiger charge is 2.30. The highest BCUT2D eigenvalue weighted by Crippen LogP contribution is 2.28. The molecule has 2 rings (SSSR count). The van der Waals surface area contributed by atoms with Gasteiger partial charge >= 0.3 is 5.97 Å². The summed E-state index contributed by atoms with van der Waals surface area (Å²) >= 11 is 0. The maximum Gasteiger partial charge on any atom is 0.337 e. The van der Waals surface area contributed by atoms with Crippen LogP contribution in [0.5, 0.6) is 0 Å². The van der Waals surface area contributed by atoms with Crippen LogP contribution in [0.25, 0.3) is 0 Å². The van der Waals surface area contributed by atoms with Gasteiger partial charge in [-0.15, -0.1) is 0 Å². The van der Waals surface area contributed by atoms with Gasteiger partial charge in [0.05, 0.1) is 12.2 Å². The standard InChI is InChI=1S/C14H15FO4/c1-14(2)18-11(8-13(17)19-14)7-12(16)9-3-5-10(15)6-4-9/h3-6,8,12,16H,7H2,1-2H3/t12-/m1/s1. The molecule has 1 aromatic carbocycles. The first-order valence-corrected chi connectivity index (χ1v) is 5.92. The van der Waals surface area contributed by atoms with Gasteiger partial charge in [0.15, 0.2) is 0 Å². The lowest BCUT2D eigenvalue weighted by atomic mass is 10.1. The van der Waals surface area contributed by atoms with Crippen molar-refractivity contribution in [3.8, 4) is 0 Å². The van der Waals surface area contributed by atoms with Crippen LogP contribution in [0.4, 0.5) is 4.39 Å². The third-order valence-electron chi connectivity index (χ3n) is 2.65. The molecule has 1 atom stereocenters. The van der Waals surface area contributed by atoms with E-state index in [-0.39, 0.29) is 12.2 Å². The average molecular weight is 266 g/mol. The van der Waals surface area contributed by atoms with E-state index in [1.54, 1.807) is 13.8 Å². The monoisotopic (exact) mass is 266 g/mol. The molecule has 0 saturated heterocycles. The maximum atomic E-state index is 12.8. The molecule has 0 fully saturated rings. The molecule has 0 amide bonds. The van der Waals surface area contributed by atoms with Crippen molar-refractivity contribution < 1.29 is 23.8 Å². The van der Waals surface area contributed by atoms with Gasteiger partial charge in [0.1, 0.15) is 11.6 Å². The summed E-state index contributed by atoms with van der Waals surface area (Å²) in [4.78, 5) is 11.3. The number of ether oxygens (including phenoxy) is 2. The molecule has 1 aromatic rings. The Kier molecular flexibility index (Phi) is 3.57. The molecule has 4 nitrogen and oxygen atoms in total. The number of aliphatic hydroxyl groups excluding tert-OH is 1. The molecule has 0 aliphatic carbocycles. The van der Waals surface area contributed by atoms with E-state index >= 15 is 0 Å². The van der Waals surface area contributed by atoms with Crippen LogP contribution in [-0.2, 0) is 14.3 Å². The first-order chi connectivity index (χ1) is 8.85. The molecular weight excluding hydrogens is 251 g/mol. The fraction of sp³-hybridized carbons (Fsp3) is 0.357. The third kappa shape index (κ3) is 3.54. The Hall–Kier alpha value is -1.88. The van der Waals surface area contributed by atoms with Crippen molar-refractivity contribution >= 4 is 5.97 Å². The number of aliphatic hydroxyl groups is 1. The minimum absolute atomic E-state index is 0.129. The second kappa shape index (κ2) is 5.01. The van der Waals surface area contributed by atoms with E-state index < -0.39 is 17.9 Å². The van der Waals surface area contributed by atoms with Gasteiger partial charge in [0.2, 0.25) is 5.79 Å². The highest BCUT2D eigenvalue weighted by atomic mass is 19.1. The van der Waals surface area contributed by atoms with E-state index in [9.17, 15) is 14.3 Å². The Morgan fingerprint density at radius 1 is 1.26 bits per heavy atom. The van der Waals surface area contributed by atoms with Crippen LogP contribution >= 0.6 is 0 Å². The van der Waals surface area contributed by atoms with E-state index in [0.717, 1.165) is 0 Å². The molecule has 1 aliphatic heterocycles. The number of carbonyl (C=O) groups excluding carboxylic acids is 1. The van der Waals surface area contributed by atoms with Crippen molar-refractivity contribution in [1.82, 2.24) is 0 Å². The van der Waals surface area contributed by atoms with Crippen LogP contribution in [0.1, 0.15) is 31.9 Å². The summed E-state index contributed by atoms with van der Waals surface area (Å²) in [7, 11) is 0. The lowest BCUT2D eigenvalue weighted by molar-refractivity contribution is -0.206. The van der Waals surface area contributed by atoms with Gasteiger partial charge in [-0.3, -0.25) is 0 Å². The predicted molar refractivity (Wildman–Crippen MR) is 65.3 cm³/mol. The molecule has 0 saturated carbocycles. The van der Waals surface area contributed by atoms with Crippen molar-refractivity contribution in [2.45, 2.75) is 32.2 Å². The number of hydrogen-bond acceptors (Lipinski definition) is 4. The van der Waals surface area contributed by atoms with Gasteiger partial charge < -0.3 is 14.6 Å². The molecule has 5 heteroatoms. The summed E-state index contributed by atoms with van der Waals surface area (Å²) in [6, 6.07) is 5.53. The molecule has 102 valence electrons. The van der Waals surface area contributed by atoms with Gasteiger partial charge in [-0.2, -0.15) is 0 Å². The zero-order valence-corrected chi connectivity index (χ0v) is 10.7. The summed E-state index contributed by atoms with van der Waals surface area (Å²) in [5.74, 6) is -1.56. The quantitative estimate of drug-likeness (QED) is 0.854. The third-order valence-corrected chi connectivity index (χ3v) is 2.65. The largest absolute Gasteiger partial charge is 0.457 e. The number of cyclic esters (lactones) is 1. The molecule has 0 radical (unpaired) electrons. The Bertz CT molecular complexity index is 505. The molecule has 19 heavy (non-hydrogen) atoms. The van der Waals surface area contributed by atoms with Crippen LogP contribution in [0.3, 0.4) is 0 Å². The topological polar surface area (TPSA) is 55.8 Å². The number of halogens is 1. The van der Waals surface area contributed by atoms with E-state index in [1.165, 1.54) is 30.3 Å². The highest BCUT2D eigenvalue weighted by molar-refractivity contribution is 5.83. The predicted octanol–water partition coefficient (Wildman–Crippen LogP) is 2.44. The molecule has 0 aromatic heterocycles. The van der Waals surface area contributed by atoms with Crippen molar-refractivity contribution in [2.24, 2.45) is 0 Å². The lowest BCUT2D eigenvalue weighted by Gasteiger charge is -2.31. The average Bonchev–Trinajstić information content (AvgIpc) is 2.26. The van der Waals surface area contributed by atoms with Gasteiger partial charge in [0.25, 0.3) is 0 Å². The normalized spacial score (nSPS) is 19.2. The second-order valence-corrected chi connectivity index (χ2v) is 4.81. The number of hydrogen-bond donors (Lipinski definition) is 1. The smallest absolute Gasteiger partial charge is 0.337 e. The Labute approximate surface area is 110 Å². The summed E-state index contributed by atoms with van der Waals surface area (Å²) < 4.78 is 23.2. The SMILES string of the molecule is CC1(C)OC(=O)C=C(C[C@@H](O)c2ccc(F)cc2)O1. The van der Waals surface area contributed by atoms with Crippen molar-refractivity contribution in [1.29, 1.82) is 0 Å². The minimum atomic E-state index is -1.04. The fourth-order valence-corrected chi connectivity index (χ4v) is 1.86. The van der Waals surface area contributed by atoms with Crippen molar-refractivity contribution in [3.05, 3.63) is 47.5 Å². The first-order valence-electron chi connectivity index (χ1n) is 5.92. The van der Waals surface area contributed by atoms with Crippen molar-refractivity contribution in [2.75, 3.05) is 0 Å². The molecule has 1 N–H and O–H groups in total. The maximum absolute atomic E-state index is 12.8. The van der Waals surface area contributed by atoms with Crippen LogP contribution in [0.2, 0.25) is 0 Å². The molecule has 1 heterocycles. The lowest BCUT2D eigenvalue weighted by Crippen LogP contribution is -2.34. The molecule has 0 bridgehead atoms.